The predicted octanol–water partition coefficient (Wildman–Crippen LogP) is 2.38. The fourth-order valence-electron chi connectivity index (χ4n) is 2.97. The van der Waals surface area contributed by atoms with Gasteiger partial charge in [0.05, 0.1) is 30.6 Å². The van der Waals surface area contributed by atoms with E-state index < -0.39 is 5.76 Å². The van der Waals surface area contributed by atoms with Crippen LogP contribution < -0.4 is 15.8 Å². The molecule has 2 heterocycles. The Kier molecular flexibility index (Phi) is 5.07. The Hall–Kier alpha value is -3.94. The van der Waals surface area contributed by atoms with Crippen molar-refractivity contribution < 1.29 is 13.9 Å². The predicted molar refractivity (Wildman–Crippen MR) is 106 cm³/mol. The van der Waals surface area contributed by atoms with Crippen LogP contribution in [-0.2, 0) is 17.9 Å². The second-order valence-electron chi connectivity index (χ2n) is 6.32. The molecule has 0 saturated carbocycles. The van der Waals surface area contributed by atoms with Gasteiger partial charge in [0.2, 0.25) is 5.91 Å². The number of aromatic nitrogens is 3. The summed E-state index contributed by atoms with van der Waals surface area (Å²) in [5.74, 6) is -0.120. The average Bonchev–Trinajstić information content (AvgIpc) is 3.07. The monoisotopic (exact) mass is 390 g/mol. The summed E-state index contributed by atoms with van der Waals surface area (Å²) < 4.78 is 11.6. The van der Waals surface area contributed by atoms with Crippen molar-refractivity contribution in [1.82, 2.24) is 19.9 Å². The summed E-state index contributed by atoms with van der Waals surface area (Å²) in [5.41, 5.74) is 3.34. The number of ether oxygens (including phenoxy) is 1. The summed E-state index contributed by atoms with van der Waals surface area (Å²) >= 11 is 0. The first kappa shape index (κ1) is 18.4. The first-order chi connectivity index (χ1) is 14.1. The lowest BCUT2D eigenvalue weighted by molar-refractivity contribution is -0.121. The second-order valence-corrected chi connectivity index (χ2v) is 6.32. The first-order valence-corrected chi connectivity index (χ1v) is 8.94. The van der Waals surface area contributed by atoms with Crippen LogP contribution >= 0.6 is 0 Å². The number of rotatable bonds is 6. The molecule has 4 aromatic rings. The van der Waals surface area contributed by atoms with Crippen LogP contribution in [0.25, 0.3) is 22.4 Å². The number of methoxy groups -OCH3 is 1. The Morgan fingerprint density at radius 2 is 1.93 bits per heavy atom. The van der Waals surface area contributed by atoms with Crippen LogP contribution in [0.3, 0.4) is 0 Å². The minimum absolute atomic E-state index is 0.133. The molecule has 146 valence electrons. The van der Waals surface area contributed by atoms with Crippen LogP contribution in [0.1, 0.15) is 5.69 Å². The van der Waals surface area contributed by atoms with E-state index in [0.717, 1.165) is 17.0 Å². The third-order valence-electron chi connectivity index (χ3n) is 4.45. The van der Waals surface area contributed by atoms with Gasteiger partial charge in [-0.25, -0.2) is 14.8 Å². The second kappa shape index (κ2) is 7.97. The van der Waals surface area contributed by atoms with Gasteiger partial charge in [0.25, 0.3) is 0 Å². The van der Waals surface area contributed by atoms with E-state index in [1.807, 2.05) is 30.3 Å². The van der Waals surface area contributed by atoms with E-state index in [2.05, 4.69) is 15.3 Å². The van der Waals surface area contributed by atoms with E-state index in [-0.39, 0.29) is 19.0 Å². The average molecular weight is 390 g/mol. The lowest BCUT2D eigenvalue weighted by Gasteiger charge is -2.07. The molecule has 2 aromatic heterocycles. The number of carbonyl (C=O) groups is 1. The number of hydrogen-bond donors (Lipinski definition) is 1. The largest absolute Gasteiger partial charge is 0.497 e. The lowest BCUT2D eigenvalue weighted by Crippen LogP contribution is -2.30. The molecule has 0 aliphatic heterocycles. The van der Waals surface area contributed by atoms with E-state index in [1.54, 1.807) is 31.4 Å². The molecular formula is C21H18N4O4. The number of benzene rings is 2. The number of amides is 1. The molecule has 0 unspecified atom stereocenters. The van der Waals surface area contributed by atoms with E-state index >= 15 is 0 Å². The van der Waals surface area contributed by atoms with Crippen LogP contribution in [0, 0.1) is 0 Å². The zero-order valence-electron chi connectivity index (χ0n) is 15.7. The van der Waals surface area contributed by atoms with Crippen molar-refractivity contribution in [3.63, 3.8) is 0 Å². The van der Waals surface area contributed by atoms with Gasteiger partial charge < -0.3 is 14.5 Å². The third-order valence-corrected chi connectivity index (χ3v) is 4.45. The Morgan fingerprint density at radius 1 is 1.14 bits per heavy atom. The van der Waals surface area contributed by atoms with Crippen LogP contribution in [0.5, 0.6) is 5.75 Å². The molecule has 29 heavy (non-hydrogen) atoms. The number of nitrogens with zero attached hydrogens (tertiary/aromatic N) is 3. The highest BCUT2D eigenvalue weighted by Crippen LogP contribution is 2.20. The van der Waals surface area contributed by atoms with Crippen molar-refractivity contribution in [2.24, 2.45) is 0 Å². The van der Waals surface area contributed by atoms with Gasteiger partial charge in [0.15, 0.2) is 5.58 Å². The zero-order chi connectivity index (χ0) is 20.2. The minimum Gasteiger partial charge on any atom is -0.497 e. The van der Waals surface area contributed by atoms with Gasteiger partial charge >= 0.3 is 5.76 Å². The van der Waals surface area contributed by atoms with Crippen molar-refractivity contribution >= 4 is 17.0 Å². The molecular weight excluding hydrogens is 372 g/mol. The Morgan fingerprint density at radius 3 is 2.72 bits per heavy atom. The van der Waals surface area contributed by atoms with Crippen molar-refractivity contribution in [2.75, 3.05) is 7.11 Å². The van der Waals surface area contributed by atoms with Gasteiger partial charge in [-0.3, -0.25) is 9.36 Å². The number of para-hydroxylation sites is 2. The molecule has 8 nitrogen and oxygen atoms in total. The fraction of sp³-hybridized carbons (Fsp3) is 0.143. The SMILES string of the molecule is COc1ccc(-c2cc(CNC(=O)Cn3c(=O)oc4ccccc43)ncn2)cc1. The quantitative estimate of drug-likeness (QED) is 0.543. The highest BCUT2D eigenvalue weighted by Gasteiger charge is 2.12. The molecule has 0 aliphatic rings. The van der Waals surface area contributed by atoms with Gasteiger partial charge in [-0.1, -0.05) is 12.1 Å². The molecule has 1 amide bonds. The zero-order valence-corrected chi connectivity index (χ0v) is 15.7. The molecule has 4 rings (SSSR count). The molecule has 0 aliphatic carbocycles. The minimum atomic E-state index is -0.565. The lowest BCUT2D eigenvalue weighted by atomic mass is 10.1. The Balaban J connectivity index is 1.44. The van der Waals surface area contributed by atoms with Crippen LogP contribution in [0.2, 0.25) is 0 Å². The molecule has 0 saturated heterocycles. The maximum atomic E-state index is 12.3. The van der Waals surface area contributed by atoms with Crippen LogP contribution in [0.15, 0.2) is 70.1 Å². The maximum absolute atomic E-state index is 12.3. The van der Waals surface area contributed by atoms with Crippen LogP contribution in [0.4, 0.5) is 0 Å². The highest BCUT2D eigenvalue weighted by atomic mass is 16.5. The number of nitrogens with one attached hydrogen (secondary N) is 1. The Bertz CT molecular complexity index is 1210. The highest BCUT2D eigenvalue weighted by molar-refractivity contribution is 5.79. The third kappa shape index (κ3) is 4.01. The van der Waals surface area contributed by atoms with E-state index in [9.17, 15) is 9.59 Å². The number of hydrogen-bond acceptors (Lipinski definition) is 6. The summed E-state index contributed by atoms with van der Waals surface area (Å²) in [5, 5.41) is 2.78. The van der Waals surface area contributed by atoms with Crippen LogP contribution in [-0.4, -0.2) is 27.6 Å². The molecule has 0 spiro atoms. The topological polar surface area (TPSA) is 99.2 Å². The van der Waals surface area contributed by atoms with Gasteiger partial charge in [-0.2, -0.15) is 0 Å². The molecule has 0 radical (unpaired) electrons. The van der Waals surface area contributed by atoms with Crippen molar-refractivity contribution in [2.45, 2.75) is 13.1 Å². The normalized spacial score (nSPS) is 10.8. The number of oxazole rings is 1. The van der Waals surface area contributed by atoms with Crippen molar-refractivity contribution in [1.29, 1.82) is 0 Å². The molecule has 1 N–H and O–H groups in total. The van der Waals surface area contributed by atoms with E-state index in [1.165, 1.54) is 10.9 Å². The molecule has 8 heteroatoms. The summed E-state index contributed by atoms with van der Waals surface area (Å²) in [4.78, 5) is 32.8. The summed E-state index contributed by atoms with van der Waals surface area (Å²) in [6.07, 6.45) is 1.45. The van der Waals surface area contributed by atoms with Gasteiger partial charge in [0, 0.05) is 5.56 Å². The molecule has 0 fully saturated rings. The summed E-state index contributed by atoms with van der Waals surface area (Å²) in [6, 6.07) is 16.3. The molecule has 2 aromatic carbocycles. The molecule has 0 bridgehead atoms. The van der Waals surface area contributed by atoms with Gasteiger partial charge in [-0.15, -0.1) is 0 Å². The molecule has 0 atom stereocenters. The fourth-order valence-corrected chi connectivity index (χ4v) is 2.97. The van der Waals surface area contributed by atoms with Gasteiger partial charge in [-0.05, 0) is 42.5 Å². The van der Waals surface area contributed by atoms with Gasteiger partial charge in [0.1, 0.15) is 18.6 Å². The van der Waals surface area contributed by atoms with Crippen molar-refractivity contribution in [3.8, 4) is 17.0 Å². The summed E-state index contributed by atoms with van der Waals surface area (Å²) in [6.45, 7) is 0.0846. The Labute approximate surface area is 165 Å². The number of fused-ring (bicyclic) bond motifs is 1. The van der Waals surface area contributed by atoms with E-state index in [0.29, 0.717) is 16.8 Å². The first-order valence-electron chi connectivity index (χ1n) is 8.94. The van der Waals surface area contributed by atoms with E-state index in [4.69, 9.17) is 9.15 Å². The smallest absolute Gasteiger partial charge is 0.420 e. The standard InChI is InChI=1S/C21H18N4O4/c1-28-16-8-6-14(7-9-16)17-10-15(23-13-24-17)11-22-20(26)12-25-18-4-2-3-5-19(18)29-21(25)27/h2-10,13H,11-12H2,1H3,(H,22,26). The number of carbonyl (C=O) groups excluding carboxylic acids is 1. The summed E-state index contributed by atoms with van der Waals surface area (Å²) in [7, 11) is 1.61. The maximum Gasteiger partial charge on any atom is 0.420 e. The van der Waals surface area contributed by atoms with Crippen molar-refractivity contribution in [3.05, 3.63) is 77.2 Å².